The van der Waals surface area contributed by atoms with Crippen LogP contribution in [-0.4, -0.2) is 34.9 Å². The zero-order valence-corrected chi connectivity index (χ0v) is 38.4. The first-order valence-electron chi connectivity index (χ1n) is 25.4. The smallest absolute Gasteiger partial charge is 0.220 e. The zero-order chi connectivity index (χ0) is 41.4. The highest BCUT2D eigenvalue weighted by Gasteiger charge is 2.17. The molecule has 0 aromatic heterocycles. The van der Waals surface area contributed by atoms with Gasteiger partial charge in [-0.2, -0.15) is 0 Å². The van der Waals surface area contributed by atoms with Crippen LogP contribution in [-0.2, 0) is 4.79 Å². The van der Waals surface area contributed by atoms with Crippen LogP contribution < -0.4 is 5.32 Å². The van der Waals surface area contributed by atoms with E-state index in [0.717, 1.165) is 38.5 Å². The Labute approximate surface area is 356 Å². The van der Waals surface area contributed by atoms with Crippen LogP contribution in [0, 0.1) is 0 Å². The fraction of sp³-hybridized carbons (Fsp3) is 0.830. The van der Waals surface area contributed by atoms with E-state index in [1.54, 1.807) is 6.08 Å². The third-order valence-electron chi connectivity index (χ3n) is 11.5. The van der Waals surface area contributed by atoms with Crippen molar-refractivity contribution in [3.8, 4) is 0 Å². The molecule has 0 radical (unpaired) electrons. The average Bonchev–Trinajstić information content (AvgIpc) is 3.22. The van der Waals surface area contributed by atoms with Crippen molar-refractivity contribution in [2.45, 2.75) is 276 Å². The number of hydrogen-bond donors (Lipinski definition) is 3. The van der Waals surface area contributed by atoms with Crippen molar-refractivity contribution in [3.05, 3.63) is 48.6 Å². The molecule has 3 N–H and O–H groups in total. The first-order chi connectivity index (χ1) is 28.2. The zero-order valence-electron chi connectivity index (χ0n) is 38.4. The number of aliphatic hydroxyl groups excluding tert-OH is 2. The molecule has 334 valence electrons. The standard InChI is InChI=1S/C53H99NO3/c1-3-5-7-9-11-13-15-17-19-21-23-25-27-29-31-33-35-37-39-41-43-45-47-49-53(57)54-51(50-55)52(56)48-46-44-42-40-38-36-34-32-30-28-26-24-22-20-18-16-14-12-10-8-6-4-2/h21,23,30,32,38,40,46,48,51-52,55-56H,3-20,22,24-29,31,33-37,39,41-45,47,49-50H2,1-2H3,(H,54,57)/b23-21-,32-30+,40-38+,48-46+. The second-order valence-corrected chi connectivity index (χ2v) is 17.2. The lowest BCUT2D eigenvalue weighted by Gasteiger charge is -2.19. The lowest BCUT2D eigenvalue weighted by molar-refractivity contribution is -0.123. The molecule has 4 nitrogen and oxygen atoms in total. The molecule has 4 heteroatoms. The summed E-state index contributed by atoms with van der Waals surface area (Å²) >= 11 is 0. The maximum atomic E-state index is 12.4. The van der Waals surface area contributed by atoms with E-state index in [4.69, 9.17) is 0 Å². The van der Waals surface area contributed by atoms with Crippen molar-refractivity contribution in [1.82, 2.24) is 5.32 Å². The summed E-state index contributed by atoms with van der Waals surface area (Å²) in [5, 5.41) is 23.1. The first-order valence-corrected chi connectivity index (χ1v) is 25.4. The molecule has 0 saturated heterocycles. The van der Waals surface area contributed by atoms with E-state index >= 15 is 0 Å². The highest BCUT2D eigenvalue weighted by molar-refractivity contribution is 5.76. The van der Waals surface area contributed by atoms with E-state index in [-0.39, 0.29) is 12.5 Å². The molecule has 0 aromatic rings. The Balaban J connectivity index is 3.59. The number of unbranched alkanes of at least 4 members (excludes halogenated alkanes) is 33. The van der Waals surface area contributed by atoms with Crippen LogP contribution in [0.25, 0.3) is 0 Å². The van der Waals surface area contributed by atoms with Crippen molar-refractivity contribution >= 4 is 5.91 Å². The lowest BCUT2D eigenvalue weighted by Crippen LogP contribution is -2.45. The number of carbonyl (C=O) groups is 1. The van der Waals surface area contributed by atoms with Crippen molar-refractivity contribution in [3.63, 3.8) is 0 Å². The molecule has 0 bridgehead atoms. The van der Waals surface area contributed by atoms with E-state index in [1.165, 1.54) is 205 Å². The second-order valence-electron chi connectivity index (χ2n) is 17.2. The second kappa shape index (κ2) is 48.7. The summed E-state index contributed by atoms with van der Waals surface area (Å²) in [4.78, 5) is 12.4. The van der Waals surface area contributed by atoms with Crippen LogP contribution >= 0.6 is 0 Å². The number of hydrogen-bond acceptors (Lipinski definition) is 3. The van der Waals surface area contributed by atoms with Gasteiger partial charge in [-0.05, 0) is 70.6 Å². The number of nitrogens with one attached hydrogen (secondary N) is 1. The fourth-order valence-electron chi connectivity index (χ4n) is 7.62. The number of rotatable bonds is 46. The Morgan fingerprint density at radius 2 is 0.684 bits per heavy atom. The Morgan fingerprint density at radius 3 is 1.02 bits per heavy atom. The Kier molecular flexibility index (Phi) is 47.3. The van der Waals surface area contributed by atoms with Gasteiger partial charge in [0, 0.05) is 6.42 Å². The van der Waals surface area contributed by atoms with Gasteiger partial charge < -0.3 is 15.5 Å². The molecule has 0 saturated carbocycles. The highest BCUT2D eigenvalue weighted by Crippen LogP contribution is 2.15. The Hall–Kier alpha value is -1.65. The molecule has 0 spiro atoms. The van der Waals surface area contributed by atoms with E-state index < -0.39 is 12.1 Å². The van der Waals surface area contributed by atoms with Gasteiger partial charge in [0.1, 0.15) is 0 Å². The molecule has 1 amide bonds. The monoisotopic (exact) mass is 798 g/mol. The summed E-state index contributed by atoms with van der Waals surface area (Å²) in [5.41, 5.74) is 0. The van der Waals surface area contributed by atoms with Gasteiger partial charge in [-0.15, -0.1) is 0 Å². The molecule has 2 unspecified atom stereocenters. The molecular weight excluding hydrogens is 699 g/mol. The highest BCUT2D eigenvalue weighted by atomic mass is 16.3. The molecule has 0 aliphatic carbocycles. The topological polar surface area (TPSA) is 69.6 Å². The van der Waals surface area contributed by atoms with Gasteiger partial charge in [0.15, 0.2) is 0 Å². The predicted octanol–water partition coefficient (Wildman–Crippen LogP) is 16.3. The van der Waals surface area contributed by atoms with Crippen molar-refractivity contribution in [1.29, 1.82) is 0 Å². The van der Waals surface area contributed by atoms with Gasteiger partial charge in [0.2, 0.25) is 5.91 Å². The molecule has 57 heavy (non-hydrogen) atoms. The Bertz CT molecular complexity index is 908. The van der Waals surface area contributed by atoms with E-state index in [1.807, 2.05) is 6.08 Å². The number of allylic oxidation sites excluding steroid dienone is 7. The summed E-state index contributed by atoms with van der Waals surface area (Å²) in [6.07, 6.45) is 66.7. The Morgan fingerprint density at radius 1 is 0.404 bits per heavy atom. The SMILES string of the molecule is CCCCCCCCCC/C=C\CCCCCCCCCCCCCC(=O)NC(CO)C(O)/C=C/CC/C=C/CC/C=C/CCCCCCCCCCCCCC. The van der Waals surface area contributed by atoms with Crippen LogP contribution in [0.3, 0.4) is 0 Å². The van der Waals surface area contributed by atoms with Crippen molar-refractivity contribution in [2.75, 3.05) is 6.61 Å². The maximum absolute atomic E-state index is 12.4. The van der Waals surface area contributed by atoms with Crippen molar-refractivity contribution < 1.29 is 15.0 Å². The quantitative estimate of drug-likeness (QED) is 0.0424. The predicted molar refractivity (Wildman–Crippen MR) is 253 cm³/mol. The number of amides is 1. The normalized spacial score (nSPS) is 13.3. The molecule has 0 fully saturated rings. The molecular formula is C53H99NO3. The van der Waals surface area contributed by atoms with E-state index in [0.29, 0.717) is 6.42 Å². The number of carbonyl (C=O) groups excluding carboxylic acids is 1. The molecule has 0 aromatic carbocycles. The minimum absolute atomic E-state index is 0.0773. The largest absolute Gasteiger partial charge is 0.394 e. The van der Waals surface area contributed by atoms with Gasteiger partial charge in [-0.3, -0.25) is 4.79 Å². The van der Waals surface area contributed by atoms with Crippen LogP contribution in [0.2, 0.25) is 0 Å². The average molecular weight is 798 g/mol. The molecule has 2 atom stereocenters. The van der Waals surface area contributed by atoms with Gasteiger partial charge in [0.25, 0.3) is 0 Å². The molecule has 0 aliphatic heterocycles. The summed E-state index contributed by atoms with van der Waals surface area (Å²) in [7, 11) is 0. The van der Waals surface area contributed by atoms with Crippen LogP contribution in [0.5, 0.6) is 0 Å². The van der Waals surface area contributed by atoms with Crippen LogP contribution in [0.4, 0.5) is 0 Å². The molecule has 0 aliphatic rings. The summed E-state index contributed by atoms with van der Waals surface area (Å²) in [6, 6.07) is -0.646. The van der Waals surface area contributed by atoms with Gasteiger partial charge in [-0.25, -0.2) is 0 Å². The minimum atomic E-state index is -0.871. The molecule has 0 heterocycles. The van der Waals surface area contributed by atoms with Crippen molar-refractivity contribution in [2.24, 2.45) is 0 Å². The lowest BCUT2D eigenvalue weighted by atomic mass is 10.0. The maximum Gasteiger partial charge on any atom is 0.220 e. The third kappa shape index (κ3) is 45.3. The van der Waals surface area contributed by atoms with Gasteiger partial charge >= 0.3 is 0 Å². The summed E-state index contributed by atoms with van der Waals surface area (Å²) in [6.45, 7) is 4.31. The number of aliphatic hydroxyl groups is 2. The van der Waals surface area contributed by atoms with E-state index in [2.05, 4.69) is 55.6 Å². The third-order valence-corrected chi connectivity index (χ3v) is 11.5. The van der Waals surface area contributed by atoms with Gasteiger partial charge in [-0.1, -0.05) is 236 Å². The molecule has 0 rings (SSSR count). The van der Waals surface area contributed by atoms with Crippen LogP contribution in [0.15, 0.2) is 48.6 Å². The fourth-order valence-corrected chi connectivity index (χ4v) is 7.62. The van der Waals surface area contributed by atoms with Gasteiger partial charge in [0.05, 0.1) is 18.8 Å². The first kappa shape index (κ1) is 55.4. The minimum Gasteiger partial charge on any atom is -0.394 e. The summed E-state index contributed by atoms with van der Waals surface area (Å²) < 4.78 is 0. The van der Waals surface area contributed by atoms with E-state index in [9.17, 15) is 15.0 Å². The van der Waals surface area contributed by atoms with Crippen LogP contribution in [0.1, 0.15) is 264 Å². The summed E-state index contributed by atoms with van der Waals surface area (Å²) in [5.74, 6) is -0.0773.